The lowest BCUT2D eigenvalue weighted by atomic mass is 10.3. The SMILES string of the molecule is CC(Nc1ccc2cc[nH]c2n1)c1nc2ccccc2[nH]1. The van der Waals surface area contributed by atoms with E-state index in [0.29, 0.717) is 0 Å². The molecular weight excluding hydrogens is 262 g/mol. The van der Waals surface area contributed by atoms with Crippen LogP contribution in [0, 0.1) is 0 Å². The number of aromatic nitrogens is 4. The smallest absolute Gasteiger partial charge is 0.139 e. The molecule has 104 valence electrons. The number of pyridine rings is 1. The van der Waals surface area contributed by atoms with Gasteiger partial charge in [-0.05, 0) is 37.3 Å². The molecule has 3 N–H and O–H groups in total. The van der Waals surface area contributed by atoms with Gasteiger partial charge in [-0.15, -0.1) is 0 Å². The molecule has 5 heteroatoms. The lowest BCUT2D eigenvalue weighted by Crippen LogP contribution is -2.09. The van der Waals surface area contributed by atoms with Gasteiger partial charge < -0.3 is 15.3 Å². The number of aromatic amines is 2. The number of anilines is 1. The van der Waals surface area contributed by atoms with E-state index in [-0.39, 0.29) is 6.04 Å². The number of hydrogen-bond donors (Lipinski definition) is 3. The summed E-state index contributed by atoms with van der Waals surface area (Å²) in [6, 6.07) is 14.1. The van der Waals surface area contributed by atoms with Crippen LogP contribution in [0.15, 0.2) is 48.7 Å². The molecule has 3 aromatic heterocycles. The van der Waals surface area contributed by atoms with Crippen molar-refractivity contribution in [1.82, 2.24) is 19.9 Å². The zero-order valence-corrected chi connectivity index (χ0v) is 11.6. The predicted octanol–water partition coefficient (Wildman–Crippen LogP) is 3.61. The summed E-state index contributed by atoms with van der Waals surface area (Å²) in [5.74, 6) is 1.74. The van der Waals surface area contributed by atoms with Crippen molar-refractivity contribution in [3.63, 3.8) is 0 Å². The van der Waals surface area contributed by atoms with Crippen LogP contribution in [0.5, 0.6) is 0 Å². The second kappa shape index (κ2) is 4.63. The number of imidazole rings is 1. The maximum Gasteiger partial charge on any atom is 0.139 e. The molecule has 4 aromatic rings. The Bertz CT molecular complexity index is 872. The van der Waals surface area contributed by atoms with Crippen LogP contribution in [0.3, 0.4) is 0 Å². The van der Waals surface area contributed by atoms with Crippen molar-refractivity contribution in [3.05, 3.63) is 54.5 Å². The summed E-state index contributed by atoms with van der Waals surface area (Å²) in [6.07, 6.45) is 1.89. The summed E-state index contributed by atoms with van der Waals surface area (Å²) in [5, 5.41) is 4.48. The van der Waals surface area contributed by atoms with Crippen molar-refractivity contribution in [2.45, 2.75) is 13.0 Å². The Balaban J connectivity index is 1.63. The lowest BCUT2D eigenvalue weighted by Gasteiger charge is -2.11. The lowest BCUT2D eigenvalue weighted by molar-refractivity contribution is 0.809. The molecule has 4 rings (SSSR count). The molecular formula is C16H15N5. The first-order valence-corrected chi connectivity index (χ1v) is 6.95. The van der Waals surface area contributed by atoms with Crippen LogP contribution in [0.1, 0.15) is 18.8 Å². The number of rotatable bonds is 3. The summed E-state index contributed by atoms with van der Waals surface area (Å²) in [7, 11) is 0. The van der Waals surface area contributed by atoms with E-state index in [0.717, 1.165) is 33.7 Å². The van der Waals surface area contributed by atoms with Gasteiger partial charge in [0.15, 0.2) is 0 Å². The highest BCUT2D eigenvalue weighted by Gasteiger charge is 2.11. The first-order chi connectivity index (χ1) is 10.3. The third kappa shape index (κ3) is 2.12. The van der Waals surface area contributed by atoms with Gasteiger partial charge in [0, 0.05) is 11.6 Å². The molecule has 0 saturated carbocycles. The van der Waals surface area contributed by atoms with Crippen LogP contribution in [0.2, 0.25) is 0 Å². The minimum Gasteiger partial charge on any atom is -0.360 e. The minimum atomic E-state index is 0.0531. The fraction of sp³-hybridized carbons (Fsp3) is 0.125. The highest BCUT2D eigenvalue weighted by atomic mass is 15.1. The fourth-order valence-corrected chi connectivity index (χ4v) is 2.48. The van der Waals surface area contributed by atoms with Crippen LogP contribution in [-0.2, 0) is 0 Å². The number of fused-ring (bicyclic) bond motifs is 2. The highest BCUT2D eigenvalue weighted by Crippen LogP contribution is 2.20. The molecule has 5 nitrogen and oxygen atoms in total. The number of hydrogen-bond acceptors (Lipinski definition) is 3. The Morgan fingerprint density at radius 2 is 1.95 bits per heavy atom. The maximum atomic E-state index is 4.61. The third-order valence-electron chi connectivity index (χ3n) is 3.59. The molecule has 21 heavy (non-hydrogen) atoms. The molecule has 1 aromatic carbocycles. The molecule has 0 aliphatic heterocycles. The van der Waals surface area contributed by atoms with Gasteiger partial charge in [0.2, 0.25) is 0 Å². The van der Waals surface area contributed by atoms with E-state index >= 15 is 0 Å². The van der Waals surface area contributed by atoms with Crippen molar-refractivity contribution < 1.29 is 0 Å². The summed E-state index contributed by atoms with van der Waals surface area (Å²) >= 11 is 0. The molecule has 0 fully saturated rings. The van der Waals surface area contributed by atoms with Gasteiger partial charge >= 0.3 is 0 Å². The molecule has 1 unspecified atom stereocenters. The molecule has 0 radical (unpaired) electrons. The number of H-pyrrole nitrogens is 2. The van der Waals surface area contributed by atoms with E-state index in [1.807, 2.05) is 48.7 Å². The van der Waals surface area contributed by atoms with Crippen molar-refractivity contribution in [3.8, 4) is 0 Å². The Morgan fingerprint density at radius 3 is 2.86 bits per heavy atom. The molecule has 0 saturated heterocycles. The van der Waals surface area contributed by atoms with E-state index in [1.54, 1.807) is 0 Å². The van der Waals surface area contributed by atoms with Crippen LogP contribution < -0.4 is 5.32 Å². The molecule has 1 atom stereocenters. The number of benzene rings is 1. The van der Waals surface area contributed by atoms with Crippen molar-refractivity contribution >= 4 is 27.9 Å². The van der Waals surface area contributed by atoms with Gasteiger partial charge in [0.05, 0.1) is 17.1 Å². The second-order valence-electron chi connectivity index (χ2n) is 5.12. The largest absolute Gasteiger partial charge is 0.360 e. The predicted molar refractivity (Wildman–Crippen MR) is 84.2 cm³/mol. The van der Waals surface area contributed by atoms with Gasteiger partial charge in [-0.2, -0.15) is 0 Å². The van der Waals surface area contributed by atoms with Gasteiger partial charge in [0.25, 0.3) is 0 Å². The average Bonchev–Trinajstić information content (AvgIpc) is 3.13. The van der Waals surface area contributed by atoms with Crippen LogP contribution in [-0.4, -0.2) is 19.9 Å². The Morgan fingerprint density at radius 1 is 1.05 bits per heavy atom. The summed E-state index contributed by atoms with van der Waals surface area (Å²) in [4.78, 5) is 15.6. The zero-order valence-electron chi connectivity index (χ0n) is 11.6. The second-order valence-corrected chi connectivity index (χ2v) is 5.12. The average molecular weight is 277 g/mol. The molecule has 0 aliphatic carbocycles. The van der Waals surface area contributed by atoms with Crippen molar-refractivity contribution in [2.24, 2.45) is 0 Å². The number of nitrogens with zero attached hydrogens (tertiary/aromatic N) is 2. The van der Waals surface area contributed by atoms with E-state index < -0.39 is 0 Å². The first-order valence-electron chi connectivity index (χ1n) is 6.95. The van der Waals surface area contributed by atoms with Gasteiger partial charge in [-0.1, -0.05) is 12.1 Å². The molecule has 0 spiro atoms. The highest BCUT2D eigenvalue weighted by molar-refractivity contribution is 5.77. The number of nitrogens with one attached hydrogen (secondary N) is 3. The Hall–Kier alpha value is -2.82. The fourth-order valence-electron chi connectivity index (χ4n) is 2.48. The normalized spacial score (nSPS) is 12.8. The van der Waals surface area contributed by atoms with Gasteiger partial charge in [-0.25, -0.2) is 9.97 Å². The summed E-state index contributed by atoms with van der Waals surface area (Å²) in [6.45, 7) is 2.07. The monoisotopic (exact) mass is 277 g/mol. The quantitative estimate of drug-likeness (QED) is 0.535. The van der Waals surface area contributed by atoms with Crippen molar-refractivity contribution in [2.75, 3.05) is 5.32 Å². The number of para-hydroxylation sites is 2. The Kier molecular flexibility index (Phi) is 2.64. The van der Waals surface area contributed by atoms with Gasteiger partial charge in [-0.3, -0.25) is 0 Å². The van der Waals surface area contributed by atoms with E-state index in [9.17, 15) is 0 Å². The molecule has 0 aliphatic rings. The van der Waals surface area contributed by atoms with E-state index in [2.05, 4.69) is 32.2 Å². The molecule has 0 amide bonds. The van der Waals surface area contributed by atoms with Crippen LogP contribution in [0.25, 0.3) is 22.1 Å². The first kappa shape index (κ1) is 12.0. The standard InChI is InChI=1S/C16H15N5/c1-10(15-19-12-4-2-3-5-13(12)20-15)18-14-7-6-11-8-9-17-16(11)21-14/h2-10H,1H3,(H,19,20)(H2,17,18,21). The third-order valence-corrected chi connectivity index (χ3v) is 3.59. The minimum absolute atomic E-state index is 0.0531. The van der Waals surface area contributed by atoms with Crippen LogP contribution >= 0.6 is 0 Å². The van der Waals surface area contributed by atoms with Crippen molar-refractivity contribution in [1.29, 1.82) is 0 Å². The topological polar surface area (TPSA) is 69.4 Å². The van der Waals surface area contributed by atoms with E-state index in [1.165, 1.54) is 0 Å². The molecule has 3 heterocycles. The Labute approximate surface area is 121 Å². The van der Waals surface area contributed by atoms with Crippen LogP contribution in [0.4, 0.5) is 5.82 Å². The summed E-state index contributed by atoms with van der Waals surface area (Å²) < 4.78 is 0. The maximum absolute atomic E-state index is 4.61. The summed E-state index contributed by atoms with van der Waals surface area (Å²) in [5.41, 5.74) is 2.92. The zero-order chi connectivity index (χ0) is 14.2. The van der Waals surface area contributed by atoms with Gasteiger partial charge in [0.1, 0.15) is 17.3 Å². The molecule has 0 bridgehead atoms. The van der Waals surface area contributed by atoms with E-state index in [4.69, 9.17) is 0 Å².